The molecule has 0 bridgehead atoms. The van der Waals surface area contributed by atoms with Crippen molar-refractivity contribution in [2.24, 2.45) is 0 Å². The number of halogens is 3. The number of benzene rings is 2. The summed E-state index contributed by atoms with van der Waals surface area (Å²) in [6.45, 7) is 4.03. The van der Waals surface area contributed by atoms with Crippen molar-refractivity contribution in [1.82, 2.24) is 4.98 Å². The zero-order valence-corrected chi connectivity index (χ0v) is 12.3. The van der Waals surface area contributed by atoms with Crippen molar-refractivity contribution in [1.29, 1.82) is 0 Å². The van der Waals surface area contributed by atoms with E-state index in [0.29, 0.717) is 5.52 Å². The van der Waals surface area contributed by atoms with Gasteiger partial charge >= 0.3 is 6.18 Å². The molecule has 0 aliphatic carbocycles. The fraction of sp³-hybridized carbons (Fsp3) is 0.188. The van der Waals surface area contributed by atoms with Gasteiger partial charge in [-0.05, 0) is 49.2 Å². The van der Waals surface area contributed by atoms with E-state index in [1.165, 1.54) is 23.0 Å². The molecule has 0 spiro atoms. The Morgan fingerprint density at radius 2 is 1.71 bits per heavy atom. The molecule has 21 heavy (non-hydrogen) atoms. The fourth-order valence-corrected chi connectivity index (χ4v) is 3.04. The molecular formula is C16H12F3NS. The molecule has 0 saturated carbocycles. The third-order valence-electron chi connectivity index (χ3n) is 3.47. The van der Waals surface area contributed by atoms with E-state index < -0.39 is 11.7 Å². The Morgan fingerprint density at radius 1 is 0.952 bits per heavy atom. The van der Waals surface area contributed by atoms with E-state index in [1.54, 1.807) is 0 Å². The number of rotatable bonds is 1. The van der Waals surface area contributed by atoms with E-state index in [-0.39, 0.29) is 0 Å². The first-order valence-corrected chi connectivity index (χ1v) is 7.21. The zero-order valence-electron chi connectivity index (χ0n) is 11.5. The first kappa shape index (κ1) is 14.1. The van der Waals surface area contributed by atoms with Gasteiger partial charge in [0.15, 0.2) is 0 Å². The first-order valence-electron chi connectivity index (χ1n) is 6.40. The zero-order chi connectivity index (χ0) is 15.2. The monoisotopic (exact) mass is 307 g/mol. The van der Waals surface area contributed by atoms with E-state index in [4.69, 9.17) is 0 Å². The molecule has 0 unspecified atom stereocenters. The molecule has 0 N–H and O–H groups in total. The minimum absolute atomic E-state index is 0.392. The van der Waals surface area contributed by atoms with E-state index >= 15 is 0 Å². The van der Waals surface area contributed by atoms with Crippen molar-refractivity contribution in [3.8, 4) is 10.6 Å². The number of hydrogen-bond donors (Lipinski definition) is 0. The summed E-state index contributed by atoms with van der Waals surface area (Å²) in [7, 11) is 0. The molecular weight excluding hydrogens is 295 g/mol. The molecule has 1 nitrogen and oxygen atoms in total. The molecule has 0 radical (unpaired) electrons. The van der Waals surface area contributed by atoms with Gasteiger partial charge in [0, 0.05) is 5.56 Å². The summed E-state index contributed by atoms with van der Waals surface area (Å²) in [5, 5.41) is 0.743. The van der Waals surface area contributed by atoms with Crippen molar-refractivity contribution in [2.45, 2.75) is 20.0 Å². The topological polar surface area (TPSA) is 12.9 Å². The molecule has 0 saturated heterocycles. The number of fused-ring (bicyclic) bond motifs is 1. The van der Waals surface area contributed by atoms with Gasteiger partial charge in [0.1, 0.15) is 5.01 Å². The second-order valence-electron chi connectivity index (χ2n) is 5.00. The Kier molecular flexibility index (Phi) is 3.24. The summed E-state index contributed by atoms with van der Waals surface area (Å²) in [4.78, 5) is 4.35. The van der Waals surface area contributed by atoms with Crippen LogP contribution in [0, 0.1) is 13.8 Å². The molecule has 5 heteroatoms. The summed E-state index contributed by atoms with van der Waals surface area (Å²) in [6, 6.07) is 9.65. The van der Waals surface area contributed by atoms with Crippen molar-refractivity contribution in [3.63, 3.8) is 0 Å². The predicted molar refractivity (Wildman–Crippen MR) is 79.5 cm³/mol. The number of hydrogen-bond acceptors (Lipinski definition) is 2. The van der Waals surface area contributed by atoms with Crippen LogP contribution < -0.4 is 0 Å². The molecule has 0 atom stereocenters. The van der Waals surface area contributed by atoms with Crippen LogP contribution in [0.1, 0.15) is 16.7 Å². The third-order valence-corrected chi connectivity index (χ3v) is 4.55. The van der Waals surface area contributed by atoms with Crippen LogP contribution in [0.15, 0.2) is 36.4 Å². The molecule has 1 heterocycles. The normalized spacial score (nSPS) is 12.0. The van der Waals surface area contributed by atoms with Crippen molar-refractivity contribution >= 4 is 21.6 Å². The average molecular weight is 307 g/mol. The molecule has 108 valence electrons. The van der Waals surface area contributed by atoms with Gasteiger partial charge in [0.25, 0.3) is 0 Å². The van der Waals surface area contributed by atoms with E-state index in [1.807, 2.05) is 32.0 Å². The lowest BCUT2D eigenvalue weighted by molar-refractivity contribution is -0.137. The number of aryl methyl sites for hydroxylation is 2. The highest BCUT2D eigenvalue weighted by molar-refractivity contribution is 7.21. The summed E-state index contributed by atoms with van der Waals surface area (Å²) >= 11 is 1.41. The summed E-state index contributed by atoms with van der Waals surface area (Å²) in [6.07, 6.45) is -4.33. The van der Waals surface area contributed by atoms with Gasteiger partial charge in [-0.25, -0.2) is 4.98 Å². The van der Waals surface area contributed by atoms with Gasteiger partial charge in [-0.2, -0.15) is 13.2 Å². The largest absolute Gasteiger partial charge is 0.416 e. The molecule has 0 aliphatic heterocycles. The van der Waals surface area contributed by atoms with Crippen LogP contribution in [0.25, 0.3) is 20.8 Å². The van der Waals surface area contributed by atoms with Gasteiger partial charge in [0.2, 0.25) is 0 Å². The second kappa shape index (κ2) is 4.84. The fourth-order valence-electron chi connectivity index (χ4n) is 2.10. The third kappa shape index (κ3) is 2.65. The lowest BCUT2D eigenvalue weighted by Gasteiger charge is -2.04. The number of nitrogens with zero attached hydrogens (tertiary/aromatic N) is 1. The molecule has 2 aromatic carbocycles. The quantitative estimate of drug-likeness (QED) is 0.570. The summed E-state index contributed by atoms with van der Waals surface area (Å²) < 4.78 is 38.9. The van der Waals surface area contributed by atoms with Gasteiger partial charge in [-0.1, -0.05) is 12.1 Å². The Morgan fingerprint density at radius 3 is 2.38 bits per heavy atom. The SMILES string of the molecule is Cc1ccc(-c2nc3cc(C(F)(F)F)ccc3s2)cc1C. The van der Waals surface area contributed by atoms with Crippen molar-refractivity contribution in [2.75, 3.05) is 0 Å². The maximum Gasteiger partial charge on any atom is 0.416 e. The van der Waals surface area contributed by atoms with Crippen LogP contribution in [0.3, 0.4) is 0 Å². The van der Waals surface area contributed by atoms with E-state index in [9.17, 15) is 13.2 Å². The molecule has 3 rings (SSSR count). The molecule has 0 amide bonds. The maximum absolute atomic E-state index is 12.7. The predicted octanol–water partition coefficient (Wildman–Crippen LogP) is 5.60. The highest BCUT2D eigenvalue weighted by Gasteiger charge is 2.30. The van der Waals surface area contributed by atoms with Crippen LogP contribution >= 0.6 is 11.3 Å². The Bertz CT molecular complexity index is 818. The van der Waals surface area contributed by atoms with Gasteiger partial charge in [0.05, 0.1) is 15.8 Å². The summed E-state index contributed by atoms with van der Waals surface area (Å²) in [5.74, 6) is 0. The van der Waals surface area contributed by atoms with E-state index in [0.717, 1.165) is 33.0 Å². The number of aromatic nitrogens is 1. The standard InChI is InChI=1S/C16H12F3NS/c1-9-3-4-11(7-10(9)2)15-20-13-8-12(16(17,18)19)5-6-14(13)21-15/h3-8H,1-2H3. The minimum atomic E-state index is -4.33. The lowest BCUT2D eigenvalue weighted by Crippen LogP contribution is -2.03. The van der Waals surface area contributed by atoms with E-state index in [2.05, 4.69) is 4.98 Å². The Balaban J connectivity index is 2.10. The van der Waals surface area contributed by atoms with Crippen LogP contribution in [0.4, 0.5) is 13.2 Å². The molecule has 1 aromatic heterocycles. The lowest BCUT2D eigenvalue weighted by atomic mass is 10.1. The van der Waals surface area contributed by atoms with Crippen LogP contribution in [-0.4, -0.2) is 4.98 Å². The molecule has 0 aliphatic rings. The van der Waals surface area contributed by atoms with Crippen LogP contribution in [-0.2, 0) is 6.18 Å². The second-order valence-corrected chi connectivity index (χ2v) is 6.03. The van der Waals surface area contributed by atoms with Crippen LogP contribution in [0.5, 0.6) is 0 Å². The van der Waals surface area contributed by atoms with Gasteiger partial charge in [-0.15, -0.1) is 11.3 Å². The Labute approximate surface area is 124 Å². The maximum atomic E-state index is 12.7. The number of thiazole rings is 1. The smallest absolute Gasteiger partial charge is 0.236 e. The van der Waals surface area contributed by atoms with Crippen LogP contribution in [0.2, 0.25) is 0 Å². The first-order chi connectivity index (χ1) is 9.84. The molecule has 0 fully saturated rings. The van der Waals surface area contributed by atoms with Crippen molar-refractivity contribution < 1.29 is 13.2 Å². The van der Waals surface area contributed by atoms with Crippen molar-refractivity contribution in [3.05, 3.63) is 53.1 Å². The average Bonchev–Trinajstić information content (AvgIpc) is 2.83. The Hall–Kier alpha value is -1.88. The van der Waals surface area contributed by atoms with Gasteiger partial charge < -0.3 is 0 Å². The molecule has 3 aromatic rings. The van der Waals surface area contributed by atoms with Gasteiger partial charge in [-0.3, -0.25) is 0 Å². The minimum Gasteiger partial charge on any atom is -0.236 e. The summed E-state index contributed by atoms with van der Waals surface area (Å²) in [5.41, 5.74) is 2.99. The highest BCUT2D eigenvalue weighted by Crippen LogP contribution is 2.35. The number of alkyl halides is 3. The highest BCUT2D eigenvalue weighted by atomic mass is 32.1.